The van der Waals surface area contributed by atoms with Gasteiger partial charge in [0.15, 0.2) is 0 Å². The Labute approximate surface area is 541 Å². The second-order valence-corrected chi connectivity index (χ2v) is 31.8. The summed E-state index contributed by atoms with van der Waals surface area (Å²) in [5.74, 6) is 0.332. The minimum Gasteiger partial charge on any atom is -0.382 e. The van der Waals surface area contributed by atoms with Gasteiger partial charge in [-0.05, 0) is 309 Å². The largest absolute Gasteiger partial charge is 0.382 e. The van der Waals surface area contributed by atoms with Gasteiger partial charge in [-0.1, -0.05) is 119 Å². The second kappa shape index (κ2) is 16.9. The molecular weight excluding hydrogens is 1130 g/mol. The number of hydrogen-bond donors (Lipinski definition) is 0. The van der Waals surface area contributed by atoms with E-state index >= 15 is 0 Å². The van der Waals surface area contributed by atoms with Crippen molar-refractivity contribution in [3.05, 3.63) is 200 Å². The third kappa shape index (κ3) is 6.04. The average molecular weight is 1200 g/mol. The van der Waals surface area contributed by atoms with E-state index in [9.17, 15) is 0 Å². The van der Waals surface area contributed by atoms with Crippen LogP contribution in [0, 0.1) is 33.6 Å². The van der Waals surface area contributed by atoms with Crippen molar-refractivity contribution in [2.75, 3.05) is 49.8 Å². The smallest absolute Gasteiger partial charge is 0.0700 e. The fourth-order valence-electron chi connectivity index (χ4n) is 21.7. The van der Waals surface area contributed by atoms with Crippen molar-refractivity contribution in [2.24, 2.45) is 5.92 Å². The van der Waals surface area contributed by atoms with Crippen molar-refractivity contribution in [1.82, 2.24) is 4.90 Å². The zero-order valence-electron chi connectivity index (χ0n) is 55.2. The van der Waals surface area contributed by atoms with Gasteiger partial charge in [-0.25, -0.2) is 0 Å². The summed E-state index contributed by atoms with van der Waals surface area (Å²) in [4.78, 5) is 7.94. The molecule has 1 saturated heterocycles. The van der Waals surface area contributed by atoms with Gasteiger partial charge in [0.1, 0.15) is 0 Å². The van der Waals surface area contributed by atoms with Crippen molar-refractivity contribution in [3.63, 3.8) is 0 Å². The number of rotatable bonds is 13. The first kappa shape index (κ1) is 52.6. The summed E-state index contributed by atoms with van der Waals surface area (Å²) < 4.78 is 12.1. The molecule has 0 bridgehead atoms. The SMILES string of the molecule is COCCOCCN1CC2C3=c4c5c6c7c(cc8cc9cc%10cc%11cc%12c%13c(c4c4c5c5c7c8c7c9c%10c8c%11c%13c4c8c75)=C(C3)C%12)CC62C1c1ccc(N(c2ccc(N(c3ccccc3)c3c(C)cc(C(C)(C)C)cc3C)cc2)c2c(C)cc(C(C)(C)C)cc2C)cc1. The quantitative estimate of drug-likeness (QED) is 0.0847. The maximum Gasteiger partial charge on any atom is 0.0700 e. The van der Waals surface area contributed by atoms with Crippen LogP contribution >= 0.6 is 0 Å². The van der Waals surface area contributed by atoms with Crippen LogP contribution in [0.25, 0.3) is 130 Å². The van der Waals surface area contributed by atoms with Gasteiger partial charge in [0, 0.05) is 60.3 Å². The van der Waals surface area contributed by atoms with E-state index < -0.39 is 0 Å². The Morgan fingerprint density at radius 2 is 0.914 bits per heavy atom. The van der Waals surface area contributed by atoms with Gasteiger partial charge in [0.2, 0.25) is 0 Å². The molecule has 4 aliphatic carbocycles. The van der Waals surface area contributed by atoms with E-state index in [1.165, 1.54) is 93.7 Å². The van der Waals surface area contributed by atoms with E-state index in [0.29, 0.717) is 25.7 Å². The van der Waals surface area contributed by atoms with Crippen LogP contribution in [0.2, 0.25) is 0 Å². The van der Waals surface area contributed by atoms with Crippen molar-refractivity contribution in [2.45, 2.75) is 111 Å². The maximum absolute atomic E-state index is 6.56. The van der Waals surface area contributed by atoms with Crippen LogP contribution in [0.5, 0.6) is 0 Å². The fourth-order valence-corrected chi connectivity index (χ4v) is 21.7. The number of methoxy groups -OCH3 is 1. The van der Waals surface area contributed by atoms with Crippen LogP contribution in [-0.4, -0.2) is 44.9 Å². The molecule has 17 aromatic carbocycles. The second-order valence-electron chi connectivity index (χ2n) is 31.8. The number of aryl methyl sites for hydroxylation is 4. The van der Waals surface area contributed by atoms with Crippen molar-refractivity contribution in [1.29, 1.82) is 0 Å². The van der Waals surface area contributed by atoms with Gasteiger partial charge in [0.25, 0.3) is 0 Å². The number of fused-ring (bicyclic) bond motifs is 1. The topological polar surface area (TPSA) is 28.2 Å². The lowest BCUT2D eigenvalue weighted by Gasteiger charge is -2.43. The summed E-state index contributed by atoms with van der Waals surface area (Å²) in [5, 5.41) is 37.5. The normalized spacial score (nSPS) is 19.0. The van der Waals surface area contributed by atoms with Crippen LogP contribution < -0.4 is 20.2 Å². The van der Waals surface area contributed by atoms with Gasteiger partial charge < -0.3 is 19.3 Å². The molecular formula is C88H73N3O2. The van der Waals surface area contributed by atoms with Crippen molar-refractivity contribution in [3.8, 4) is 0 Å². The van der Waals surface area contributed by atoms with E-state index in [1.54, 1.807) is 126 Å². The Kier molecular flexibility index (Phi) is 9.57. The highest BCUT2D eigenvalue weighted by molar-refractivity contribution is 6.64. The molecule has 1 spiro atoms. The Hall–Kier alpha value is -8.84. The molecule has 1 fully saturated rings. The third-order valence-electron chi connectivity index (χ3n) is 24.8. The Morgan fingerprint density at radius 1 is 0.452 bits per heavy atom. The van der Waals surface area contributed by atoms with Crippen molar-refractivity contribution < 1.29 is 9.47 Å². The molecule has 452 valence electrons. The first-order chi connectivity index (χ1) is 45.0. The Morgan fingerprint density at radius 3 is 1.46 bits per heavy atom. The van der Waals surface area contributed by atoms with E-state index in [-0.39, 0.29) is 22.3 Å². The van der Waals surface area contributed by atoms with Gasteiger partial charge in [0.05, 0.1) is 31.2 Å². The minimum atomic E-state index is -0.201. The number of benzene rings is 13. The monoisotopic (exact) mass is 1200 g/mol. The van der Waals surface area contributed by atoms with Gasteiger partial charge in [-0.15, -0.1) is 0 Å². The van der Waals surface area contributed by atoms with E-state index in [1.807, 2.05) is 0 Å². The molecule has 5 aliphatic rings. The van der Waals surface area contributed by atoms with Gasteiger partial charge in [-0.2, -0.15) is 0 Å². The molecule has 3 atom stereocenters. The minimum absolute atomic E-state index is 0.00406. The molecule has 1 heterocycles. The Balaban J connectivity index is 0.761. The number of hydrogen-bond acceptors (Lipinski definition) is 5. The highest BCUT2D eigenvalue weighted by Crippen LogP contribution is 2.71. The summed E-state index contributed by atoms with van der Waals surface area (Å²) in [5.41, 5.74) is 24.3. The van der Waals surface area contributed by atoms with Crippen molar-refractivity contribution >= 4 is 164 Å². The highest BCUT2D eigenvalue weighted by Gasteiger charge is 2.62. The number of para-hydroxylation sites is 1. The standard InChI is InChI=1S/C88H73N3O2/c1-42-29-54(86(5,6)7)30-43(2)83(42)90(56-15-13-12-14-16-56)58-21-23-59(24-22-58)91(84-44(3)31-55(32-45(84)4)87(8,9)10)57-19-17-46(18-20-57)85-88-40-53-38-51-36-48-33-47-34-50-35-49-37-52-39-60(61(88)41-89(85)25-26-93-28-27-92-11)69-74-65(52)64(49)71-66(50)70-62(47)63(48)72-67(51)73-68(53)82(88)81(69)80-78(73)76(72)75(70)77(71)79(74)80/h12-24,29-36,38,61,85H,25-28,37,39-41H2,1-11H3. The fraction of sp³-hybridized carbons (Fsp3) is 0.273. The molecule has 22 rings (SSSR count). The van der Waals surface area contributed by atoms with Crippen LogP contribution in [0.3, 0.4) is 0 Å². The number of likely N-dealkylation sites (tertiary alicyclic amines) is 1. The van der Waals surface area contributed by atoms with Gasteiger partial charge >= 0.3 is 0 Å². The summed E-state index contributed by atoms with van der Waals surface area (Å²) in [6.45, 7) is 26.9. The summed E-state index contributed by atoms with van der Waals surface area (Å²) >= 11 is 0. The summed E-state index contributed by atoms with van der Waals surface area (Å²) in [7, 11) is 1.78. The van der Waals surface area contributed by atoms with E-state index in [4.69, 9.17) is 9.47 Å². The van der Waals surface area contributed by atoms with Crippen LogP contribution in [0.1, 0.15) is 110 Å². The zero-order valence-corrected chi connectivity index (χ0v) is 55.2. The number of anilines is 6. The third-order valence-corrected chi connectivity index (χ3v) is 24.8. The molecule has 93 heavy (non-hydrogen) atoms. The molecule has 0 N–H and O–H groups in total. The predicted molar refractivity (Wildman–Crippen MR) is 392 cm³/mol. The van der Waals surface area contributed by atoms with E-state index in [0.717, 1.165) is 49.4 Å². The first-order valence-electron chi connectivity index (χ1n) is 34.4. The Bertz CT molecular complexity index is 6150. The lowest BCUT2D eigenvalue weighted by atomic mass is 9.60. The lowest BCUT2D eigenvalue weighted by Crippen LogP contribution is -2.44. The summed E-state index contributed by atoms with van der Waals surface area (Å²) in [6.07, 6.45) is 3.15. The zero-order chi connectivity index (χ0) is 62.3. The first-order valence-corrected chi connectivity index (χ1v) is 34.4. The molecule has 0 aromatic heterocycles. The van der Waals surface area contributed by atoms with Crippen LogP contribution in [0.4, 0.5) is 34.1 Å². The summed E-state index contributed by atoms with van der Waals surface area (Å²) in [6, 6.07) is 53.4. The predicted octanol–water partition coefficient (Wildman–Crippen LogP) is 20.5. The average Bonchev–Trinajstić information content (AvgIpc) is 1.44. The van der Waals surface area contributed by atoms with Crippen LogP contribution in [0.15, 0.2) is 133 Å². The molecule has 0 saturated carbocycles. The number of ether oxygens (including phenoxy) is 2. The molecule has 17 aromatic rings. The lowest BCUT2D eigenvalue weighted by molar-refractivity contribution is 0.0525. The molecule has 3 unspecified atom stereocenters. The number of nitrogens with zero attached hydrogens (tertiary/aromatic N) is 3. The molecule has 5 nitrogen and oxygen atoms in total. The highest BCUT2D eigenvalue weighted by atomic mass is 16.5. The molecule has 1 aliphatic heterocycles. The van der Waals surface area contributed by atoms with Gasteiger partial charge in [-0.3, -0.25) is 4.90 Å². The molecule has 0 amide bonds. The molecule has 0 radical (unpaired) electrons. The van der Waals surface area contributed by atoms with Crippen LogP contribution in [-0.2, 0) is 38.6 Å². The van der Waals surface area contributed by atoms with E-state index in [2.05, 4.69) is 217 Å². The molecule has 5 heteroatoms. The maximum atomic E-state index is 6.56.